The summed E-state index contributed by atoms with van der Waals surface area (Å²) in [5.74, 6) is 0.236. The molecule has 82 valence electrons. The average Bonchev–Trinajstić information content (AvgIpc) is 2.67. The molecule has 2 rings (SSSR count). The zero-order valence-electron chi connectivity index (χ0n) is 9.14. The molecule has 0 aromatic carbocycles. The average molecular weight is 216 g/mol. The van der Waals surface area contributed by atoms with Crippen LogP contribution in [-0.2, 0) is 0 Å². The van der Waals surface area contributed by atoms with Crippen LogP contribution in [0.1, 0.15) is 21.6 Å². The first-order chi connectivity index (χ1) is 7.59. The van der Waals surface area contributed by atoms with Crippen molar-refractivity contribution in [1.82, 2.24) is 14.8 Å². The Labute approximate surface area is 92.9 Å². The van der Waals surface area contributed by atoms with Crippen LogP contribution in [0.2, 0.25) is 0 Å². The quantitative estimate of drug-likeness (QED) is 0.813. The van der Waals surface area contributed by atoms with E-state index in [1.165, 1.54) is 0 Å². The lowest BCUT2D eigenvalue weighted by Gasteiger charge is -2.08. The number of aryl methyl sites for hydroxylation is 2. The maximum atomic E-state index is 11.2. The fourth-order valence-corrected chi connectivity index (χ4v) is 1.71. The molecule has 0 unspecified atom stereocenters. The molecule has 5 nitrogen and oxygen atoms in total. The lowest BCUT2D eigenvalue weighted by Crippen LogP contribution is -2.16. The number of pyridine rings is 1. The minimum atomic E-state index is -0.450. The minimum Gasteiger partial charge on any atom is -0.366 e. The van der Waals surface area contributed by atoms with Gasteiger partial charge in [-0.2, -0.15) is 5.10 Å². The third kappa shape index (κ3) is 1.67. The Balaban J connectivity index is 2.58. The lowest BCUT2D eigenvalue weighted by atomic mass is 10.1. The summed E-state index contributed by atoms with van der Waals surface area (Å²) in [6, 6.07) is 3.61. The molecule has 0 aliphatic rings. The largest absolute Gasteiger partial charge is 0.366 e. The van der Waals surface area contributed by atoms with Crippen molar-refractivity contribution in [3.05, 3.63) is 41.3 Å². The standard InChI is InChI=1S/C11H12N4O/c1-7-6-9(15-5-3-4-13-15)14-8(2)10(7)11(12)16/h3-6H,1-2H3,(H2,12,16). The summed E-state index contributed by atoms with van der Waals surface area (Å²) in [5.41, 5.74) is 7.20. The lowest BCUT2D eigenvalue weighted by molar-refractivity contribution is 0.0998. The highest BCUT2D eigenvalue weighted by Crippen LogP contribution is 2.14. The molecule has 2 N–H and O–H groups in total. The Kier molecular flexibility index (Phi) is 2.44. The van der Waals surface area contributed by atoms with Crippen LogP contribution in [0.15, 0.2) is 24.5 Å². The van der Waals surface area contributed by atoms with Crippen molar-refractivity contribution in [3.63, 3.8) is 0 Å². The molecule has 2 heterocycles. The monoisotopic (exact) mass is 216 g/mol. The second-order valence-corrected chi connectivity index (χ2v) is 3.57. The van der Waals surface area contributed by atoms with Gasteiger partial charge < -0.3 is 5.73 Å². The van der Waals surface area contributed by atoms with Crippen molar-refractivity contribution in [3.8, 4) is 5.82 Å². The van der Waals surface area contributed by atoms with Crippen LogP contribution < -0.4 is 5.73 Å². The Morgan fingerprint density at radius 3 is 2.69 bits per heavy atom. The first-order valence-corrected chi connectivity index (χ1v) is 4.87. The normalized spacial score (nSPS) is 10.4. The molecule has 0 atom stereocenters. The van der Waals surface area contributed by atoms with E-state index in [1.807, 2.05) is 13.0 Å². The second-order valence-electron chi connectivity index (χ2n) is 3.57. The highest BCUT2D eigenvalue weighted by Gasteiger charge is 2.12. The van der Waals surface area contributed by atoms with Gasteiger partial charge in [0.15, 0.2) is 5.82 Å². The van der Waals surface area contributed by atoms with Crippen LogP contribution in [0.5, 0.6) is 0 Å². The predicted molar refractivity (Wildman–Crippen MR) is 59.4 cm³/mol. The molecule has 0 spiro atoms. The molecule has 5 heteroatoms. The van der Waals surface area contributed by atoms with Gasteiger partial charge in [0, 0.05) is 12.4 Å². The van der Waals surface area contributed by atoms with E-state index < -0.39 is 5.91 Å². The van der Waals surface area contributed by atoms with E-state index in [1.54, 1.807) is 30.1 Å². The highest BCUT2D eigenvalue weighted by atomic mass is 16.1. The zero-order valence-corrected chi connectivity index (χ0v) is 9.14. The van der Waals surface area contributed by atoms with Gasteiger partial charge in [-0.05, 0) is 31.5 Å². The molecule has 0 fully saturated rings. The number of rotatable bonds is 2. The summed E-state index contributed by atoms with van der Waals surface area (Å²) < 4.78 is 1.64. The molecule has 0 saturated carbocycles. The Hall–Kier alpha value is -2.17. The van der Waals surface area contributed by atoms with Crippen LogP contribution in [0.4, 0.5) is 0 Å². The molecule has 0 saturated heterocycles. The van der Waals surface area contributed by atoms with Gasteiger partial charge in [0.05, 0.1) is 11.3 Å². The predicted octanol–water partition coefficient (Wildman–Crippen LogP) is 0.983. The van der Waals surface area contributed by atoms with E-state index >= 15 is 0 Å². The summed E-state index contributed by atoms with van der Waals surface area (Å²) in [5, 5.41) is 4.08. The molecular weight excluding hydrogens is 204 g/mol. The number of nitrogens with two attached hydrogens (primary N) is 1. The summed E-state index contributed by atoms with van der Waals surface area (Å²) >= 11 is 0. The summed E-state index contributed by atoms with van der Waals surface area (Å²) in [6.45, 7) is 3.60. The van der Waals surface area contributed by atoms with Crippen molar-refractivity contribution in [2.75, 3.05) is 0 Å². The first kappa shape index (κ1) is 10.4. The van der Waals surface area contributed by atoms with Crippen molar-refractivity contribution in [2.24, 2.45) is 5.73 Å². The number of hydrogen-bond acceptors (Lipinski definition) is 3. The number of carbonyl (C=O) groups excluding carboxylic acids is 1. The van der Waals surface area contributed by atoms with Gasteiger partial charge in [-0.15, -0.1) is 0 Å². The number of hydrogen-bond donors (Lipinski definition) is 1. The topological polar surface area (TPSA) is 73.8 Å². The van der Waals surface area contributed by atoms with E-state index in [2.05, 4.69) is 10.1 Å². The molecule has 2 aromatic heterocycles. The first-order valence-electron chi connectivity index (χ1n) is 4.87. The number of primary amides is 1. The van der Waals surface area contributed by atoms with Gasteiger partial charge in [-0.3, -0.25) is 4.79 Å². The van der Waals surface area contributed by atoms with Crippen LogP contribution in [0.25, 0.3) is 5.82 Å². The minimum absolute atomic E-state index is 0.450. The number of nitrogens with zero attached hydrogens (tertiary/aromatic N) is 3. The van der Waals surface area contributed by atoms with Gasteiger partial charge in [-0.1, -0.05) is 0 Å². The fraction of sp³-hybridized carbons (Fsp3) is 0.182. The zero-order chi connectivity index (χ0) is 11.7. The van der Waals surface area contributed by atoms with Gasteiger partial charge in [0.25, 0.3) is 5.91 Å². The van der Waals surface area contributed by atoms with E-state index in [9.17, 15) is 4.79 Å². The molecule has 0 radical (unpaired) electrons. The Bertz CT molecular complexity index is 508. The third-order valence-corrected chi connectivity index (χ3v) is 2.37. The maximum Gasteiger partial charge on any atom is 0.250 e. The van der Waals surface area contributed by atoms with Crippen LogP contribution in [0, 0.1) is 13.8 Å². The SMILES string of the molecule is Cc1cc(-n2cccn2)nc(C)c1C(N)=O. The van der Waals surface area contributed by atoms with Crippen molar-refractivity contribution >= 4 is 5.91 Å². The molecule has 0 aliphatic carbocycles. The van der Waals surface area contributed by atoms with Crippen molar-refractivity contribution < 1.29 is 4.79 Å². The molecule has 1 amide bonds. The Morgan fingerprint density at radius 1 is 1.44 bits per heavy atom. The van der Waals surface area contributed by atoms with Crippen LogP contribution in [0.3, 0.4) is 0 Å². The molecule has 0 bridgehead atoms. The maximum absolute atomic E-state index is 11.2. The van der Waals surface area contributed by atoms with Crippen LogP contribution in [-0.4, -0.2) is 20.7 Å². The van der Waals surface area contributed by atoms with Crippen LogP contribution >= 0.6 is 0 Å². The fourth-order valence-electron chi connectivity index (χ4n) is 1.71. The van der Waals surface area contributed by atoms with E-state index in [0.717, 1.165) is 5.56 Å². The molecule has 2 aromatic rings. The highest BCUT2D eigenvalue weighted by molar-refractivity contribution is 5.95. The van der Waals surface area contributed by atoms with Gasteiger partial charge in [-0.25, -0.2) is 9.67 Å². The molecular formula is C11H12N4O. The van der Waals surface area contributed by atoms with E-state index in [0.29, 0.717) is 17.1 Å². The molecule has 0 aliphatic heterocycles. The summed E-state index contributed by atoms with van der Waals surface area (Å²) in [7, 11) is 0. The van der Waals surface area contributed by atoms with Gasteiger partial charge >= 0.3 is 0 Å². The number of amides is 1. The van der Waals surface area contributed by atoms with E-state index in [4.69, 9.17) is 5.73 Å². The molecule has 16 heavy (non-hydrogen) atoms. The van der Waals surface area contributed by atoms with E-state index in [-0.39, 0.29) is 0 Å². The second kappa shape index (κ2) is 3.77. The van der Waals surface area contributed by atoms with Gasteiger partial charge in [0.2, 0.25) is 0 Å². The smallest absolute Gasteiger partial charge is 0.250 e. The van der Waals surface area contributed by atoms with Gasteiger partial charge in [0.1, 0.15) is 0 Å². The Morgan fingerprint density at radius 2 is 2.19 bits per heavy atom. The third-order valence-electron chi connectivity index (χ3n) is 2.37. The van der Waals surface area contributed by atoms with Crippen molar-refractivity contribution in [2.45, 2.75) is 13.8 Å². The summed E-state index contributed by atoms with van der Waals surface area (Å²) in [4.78, 5) is 15.5. The number of carbonyl (C=O) groups is 1. The van der Waals surface area contributed by atoms with Crippen molar-refractivity contribution in [1.29, 1.82) is 0 Å². The summed E-state index contributed by atoms with van der Waals surface area (Å²) in [6.07, 6.45) is 3.47. The number of aromatic nitrogens is 3.